The summed E-state index contributed by atoms with van der Waals surface area (Å²) in [5.74, 6) is -0.673. The molecule has 0 aliphatic rings. The van der Waals surface area contributed by atoms with Crippen LogP contribution in [-0.2, 0) is 11.2 Å². The maximum absolute atomic E-state index is 12.6. The average molecular weight is 319 g/mol. The monoisotopic (exact) mass is 318 g/mol. The van der Waals surface area contributed by atoms with Crippen molar-refractivity contribution in [1.29, 1.82) is 0 Å². The van der Waals surface area contributed by atoms with E-state index in [1.54, 1.807) is 0 Å². The van der Waals surface area contributed by atoms with Crippen LogP contribution in [0.5, 0.6) is 0 Å². The summed E-state index contributed by atoms with van der Waals surface area (Å²) in [6, 6.07) is 3.05. The first-order valence-corrected chi connectivity index (χ1v) is 6.32. The third kappa shape index (κ3) is 5.36. The second kappa shape index (κ2) is 6.56. The van der Waals surface area contributed by atoms with Gasteiger partial charge in [0.25, 0.3) is 6.43 Å². The molecule has 0 aliphatic heterocycles. The van der Waals surface area contributed by atoms with Crippen LogP contribution in [0, 0.1) is 0 Å². The number of carbonyl (C=O) groups is 1. The summed E-state index contributed by atoms with van der Waals surface area (Å²) in [5.41, 5.74) is -5.15. The molecule has 19 heavy (non-hydrogen) atoms. The van der Waals surface area contributed by atoms with Gasteiger partial charge in [-0.25, -0.2) is 8.78 Å². The minimum absolute atomic E-state index is 0.182. The Kier molecular flexibility index (Phi) is 5.61. The van der Waals surface area contributed by atoms with E-state index in [0.29, 0.717) is 0 Å². The molecule has 0 bridgehead atoms. The number of ketones is 1. The first-order chi connectivity index (χ1) is 8.73. The zero-order valence-electron chi connectivity index (χ0n) is 9.31. The lowest BCUT2D eigenvalue weighted by Crippen LogP contribution is -2.06. The van der Waals surface area contributed by atoms with Gasteiger partial charge in [-0.1, -0.05) is 12.1 Å². The molecule has 0 aliphatic carbocycles. The molecule has 0 unspecified atom stereocenters. The maximum atomic E-state index is 12.6. The Labute approximate surface area is 115 Å². The Balaban J connectivity index is 3.07. The molecule has 1 aromatic carbocycles. The lowest BCUT2D eigenvalue weighted by molar-refractivity contribution is -0.116. The van der Waals surface area contributed by atoms with Gasteiger partial charge in [-0.2, -0.15) is 13.2 Å². The topological polar surface area (TPSA) is 17.1 Å². The quantitative estimate of drug-likeness (QED) is 0.449. The van der Waals surface area contributed by atoms with E-state index < -0.39 is 39.9 Å². The Morgan fingerprint density at radius 2 is 1.95 bits per heavy atom. The molecule has 0 fully saturated rings. The number of hydrogen-bond acceptors (Lipinski definition) is 2. The van der Waals surface area contributed by atoms with Gasteiger partial charge in [-0.05, 0) is 23.4 Å². The lowest BCUT2D eigenvalue weighted by Gasteiger charge is -2.12. The van der Waals surface area contributed by atoms with Crippen molar-refractivity contribution in [2.45, 2.75) is 23.3 Å². The summed E-state index contributed by atoms with van der Waals surface area (Å²) in [5, 5.41) is 0. The third-order valence-corrected chi connectivity index (χ3v) is 3.19. The number of carbonyl (C=O) groups excluding carboxylic acids is 1. The molecular weight excluding hydrogens is 311 g/mol. The van der Waals surface area contributed by atoms with Crippen molar-refractivity contribution >= 4 is 29.1 Å². The summed E-state index contributed by atoms with van der Waals surface area (Å²) < 4.78 is 62.0. The highest BCUT2D eigenvalue weighted by molar-refractivity contribution is 8.00. The largest absolute Gasteiger partial charge is 0.446 e. The van der Waals surface area contributed by atoms with E-state index in [1.165, 1.54) is 6.07 Å². The Morgan fingerprint density at radius 1 is 1.32 bits per heavy atom. The molecule has 1 nitrogen and oxygen atoms in total. The fraction of sp³-hybridized carbons (Fsp3) is 0.364. The molecule has 0 spiro atoms. The highest BCUT2D eigenvalue weighted by atomic mass is 35.5. The minimum Gasteiger partial charge on any atom is -0.298 e. The summed E-state index contributed by atoms with van der Waals surface area (Å²) in [7, 11) is 0. The molecule has 0 radical (unpaired) electrons. The molecular formula is C11H8ClF5OS. The van der Waals surface area contributed by atoms with E-state index in [2.05, 4.69) is 0 Å². The van der Waals surface area contributed by atoms with Crippen LogP contribution < -0.4 is 0 Å². The smallest absolute Gasteiger partial charge is 0.298 e. The fourth-order valence-electron chi connectivity index (χ4n) is 1.36. The summed E-state index contributed by atoms with van der Waals surface area (Å²) in [6.07, 6.45) is -3.19. The van der Waals surface area contributed by atoms with Gasteiger partial charge in [0, 0.05) is 16.9 Å². The molecule has 1 rings (SSSR count). The van der Waals surface area contributed by atoms with Gasteiger partial charge in [0.2, 0.25) is 0 Å². The first-order valence-electron chi connectivity index (χ1n) is 4.97. The summed E-state index contributed by atoms with van der Waals surface area (Å²) >= 11 is 4.66. The standard InChI is InChI=1S/C11H8ClF5OS/c12-5-7(18)3-6-1-2-8(10(13)14)9(4-6)19-11(15,16)17/h1-2,4,10H,3,5H2. The molecule has 0 amide bonds. The van der Waals surface area contributed by atoms with Gasteiger partial charge in [0.05, 0.1) is 5.88 Å². The second-order valence-electron chi connectivity index (χ2n) is 3.57. The van der Waals surface area contributed by atoms with Crippen LogP contribution in [0.3, 0.4) is 0 Å². The van der Waals surface area contributed by atoms with Gasteiger partial charge in [-0.15, -0.1) is 11.6 Å². The molecule has 0 saturated heterocycles. The summed E-state index contributed by atoms with van der Waals surface area (Å²) in [6.45, 7) is 0. The molecule has 106 valence electrons. The van der Waals surface area contributed by atoms with Gasteiger partial charge in [0.15, 0.2) is 5.78 Å². The fourth-order valence-corrected chi connectivity index (χ4v) is 2.19. The Morgan fingerprint density at radius 3 is 2.42 bits per heavy atom. The van der Waals surface area contributed by atoms with Crippen molar-refractivity contribution in [1.82, 2.24) is 0 Å². The number of alkyl halides is 6. The van der Waals surface area contributed by atoms with E-state index in [1.807, 2.05) is 0 Å². The van der Waals surface area contributed by atoms with Gasteiger partial charge in [-0.3, -0.25) is 4.79 Å². The molecule has 0 saturated carbocycles. The van der Waals surface area contributed by atoms with Crippen LogP contribution in [-0.4, -0.2) is 17.2 Å². The number of rotatable bonds is 5. The third-order valence-electron chi connectivity index (χ3n) is 2.09. The molecule has 0 aromatic heterocycles. The number of Topliss-reactive ketones (excluding diaryl/α,β-unsaturated/α-hetero) is 1. The van der Waals surface area contributed by atoms with Crippen molar-refractivity contribution in [2.75, 3.05) is 5.88 Å². The zero-order chi connectivity index (χ0) is 14.6. The molecule has 0 N–H and O–H groups in total. The zero-order valence-corrected chi connectivity index (χ0v) is 10.9. The Bertz CT molecular complexity index is 461. The van der Waals surface area contributed by atoms with Gasteiger partial charge < -0.3 is 0 Å². The second-order valence-corrected chi connectivity index (χ2v) is 4.94. The van der Waals surface area contributed by atoms with Crippen molar-refractivity contribution in [2.24, 2.45) is 0 Å². The van der Waals surface area contributed by atoms with Gasteiger partial charge >= 0.3 is 5.51 Å². The normalized spacial score (nSPS) is 11.9. The predicted molar refractivity (Wildman–Crippen MR) is 62.7 cm³/mol. The van der Waals surface area contributed by atoms with Crippen molar-refractivity contribution in [3.63, 3.8) is 0 Å². The van der Waals surface area contributed by atoms with Gasteiger partial charge in [0.1, 0.15) is 0 Å². The van der Waals surface area contributed by atoms with Crippen LogP contribution in [0.1, 0.15) is 17.6 Å². The highest BCUT2D eigenvalue weighted by Crippen LogP contribution is 2.41. The number of halogens is 6. The van der Waals surface area contributed by atoms with Crippen LogP contribution in [0.2, 0.25) is 0 Å². The van der Waals surface area contributed by atoms with Crippen molar-refractivity contribution < 1.29 is 26.7 Å². The van der Waals surface area contributed by atoms with Crippen molar-refractivity contribution in [3.05, 3.63) is 29.3 Å². The molecule has 1 aromatic rings. The predicted octanol–water partition coefficient (Wildman–Crippen LogP) is 4.59. The Hall–Kier alpha value is -0.820. The van der Waals surface area contributed by atoms with E-state index in [-0.39, 0.29) is 17.9 Å². The molecule has 0 heterocycles. The molecule has 0 atom stereocenters. The van der Waals surface area contributed by atoms with E-state index in [0.717, 1.165) is 12.1 Å². The van der Waals surface area contributed by atoms with Crippen molar-refractivity contribution in [3.8, 4) is 0 Å². The number of benzene rings is 1. The average Bonchev–Trinajstić information content (AvgIpc) is 2.26. The highest BCUT2D eigenvalue weighted by Gasteiger charge is 2.31. The van der Waals surface area contributed by atoms with Crippen LogP contribution in [0.15, 0.2) is 23.1 Å². The first kappa shape index (κ1) is 16.2. The lowest BCUT2D eigenvalue weighted by atomic mass is 10.1. The number of thioether (sulfide) groups is 1. The van der Waals surface area contributed by atoms with E-state index in [9.17, 15) is 26.7 Å². The SMILES string of the molecule is O=C(CCl)Cc1ccc(C(F)F)c(SC(F)(F)F)c1. The van der Waals surface area contributed by atoms with Crippen LogP contribution >= 0.6 is 23.4 Å². The van der Waals surface area contributed by atoms with Crippen LogP contribution in [0.4, 0.5) is 22.0 Å². The summed E-state index contributed by atoms with van der Waals surface area (Å²) in [4.78, 5) is 10.5. The van der Waals surface area contributed by atoms with Crippen LogP contribution in [0.25, 0.3) is 0 Å². The minimum atomic E-state index is -4.67. The number of hydrogen-bond donors (Lipinski definition) is 0. The van der Waals surface area contributed by atoms with E-state index >= 15 is 0 Å². The van der Waals surface area contributed by atoms with E-state index in [4.69, 9.17) is 11.6 Å². The molecule has 8 heteroatoms. The maximum Gasteiger partial charge on any atom is 0.446 e.